The lowest BCUT2D eigenvalue weighted by Crippen LogP contribution is -2.29. The Bertz CT molecular complexity index is 1320. The van der Waals surface area contributed by atoms with Crippen LogP contribution in [0.2, 0.25) is 5.02 Å². The zero-order chi connectivity index (χ0) is 23.0. The van der Waals surface area contributed by atoms with E-state index in [1.165, 1.54) is 0 Å². The maximum Gasteiger partial charge on any atom is 0.287 e. The third-order valence-corrected chi connectivity index (χ3v) is 6.85. The first-order valence-corrected chi connectivity index (χ1v) is 11.7. The normalized spacial score (nSPS) is 14.5. The minimum absolute atomic E-state index is 0.0693. The van der Waals surface area contributed by atoms with Gasteiger partial charge in [-0.25, -0.2) is 8.78 Å². The molecule has 0 spiro atoms. The van der Waals surface area contributed by atoms with Gasteiger partial charge in [0, 0.05) is 22.7 Å². The number of nitrogens with zero attached hydrogens (tertiary/aromatic N) is 1. The molecule has 4 rings (SSSR count). The summed E-state index contributed by atoms with van der Waals surface area (Å²) in [6.45, 7) is 4.12. The van der Waals surface area contributed by atoms with Gasteiger partial charge in [0.1, 0.15) is 4.90 Å². The van der Waals surface area contributed by atoms with Crippen LogP contribution in [0.4, 0.5) is 20.2 Å². The highest BCUT2D eigenvalue weighted by atomic mass is 35.5. The Morgan fingerprint density at radius 1 is 1.09 bits per heavy atom. The minimum Gasteiger partial charge on any atom is -0.325 e. The standard InChI is InChI=1S/C23H20ClF2N3O2S/c1-13(2)14-7-9-16(10-8-14)27-23-28-22-17(11-15-5-3-4-6-18(15)24)21(26)19(25)12-20(22)32(30,31)29-23/h3-10,12-13H,11H2,1-2H3,(H2,27,28,29). The molecule has 0 saturated carbocycles. The van der Waals surface area contributed by atoms with Crippen molar-refractivity contribution in [1.29, 1.82) is 0 Å². The van der Waals surface area contributed by atoms with Crippen molar-refractivity contribution >= 4 is 39.0 Å². The third-order valence-electron chi connectivity index (χ3n) is 5.18. The summed E-state index contributed by atoms with van der Waals surface area (Å²) in [6, 6.07) is 14.8. The summed E-state index contributed by atoms with van der Waals surface area (Å²) in [5.41, 5.74) is 2.02. The van der Waals surface area contributed by atoms with Crippen LogP contribution in [0.1, 0.15) is 36.5 Å². The van der Waals surface area contributed by atoms with E-state index in [9.17, 15) is 17.2 Å². The summed E-state index contributed by atoms with van der Waals surface area (Å²) in [4.78, 5) is -0.431. The van der Waals surface area contributed by atoms with Crippen LogP contribution in [0.15, 0.2) is 63.9 Å². The van der Waals surface area contributed by atoms with E-state index in [1.807, 2.05) is 12.1 Å². The molecule has 0 radical (unpaired) electrons. The summed E-state index contributed by atoms with van der Waals surface area (Å²) in [5, 5.41) is 6.08. The molecule has 9 heteroatoms. The summed E-state index contributed by atoms with van der Waals surface area (Å²) in [7, 11) is -4.27. The predicted molar refractivity (Wildman–Crippen MR) is 123 cm³/mol. The number of hydrogen-bond acceptors (Lipinski definition) is 4. The fourth-order valence-corrected chi connectivity index (χ4v) is 4.76. The van der Waals surface area contributed by atoms with E-state index in [2.05, 4.69) is 28.9 Å². The van der Waals surface area contributed by atoms with E-state index >= 15 is 0 Å². The molecule has 2 N–H and O–H groups in total. The number of hydrogen-bond donors (Lipinski definition) is 2. The maximum absolute atomic E-state index is 14.8. The van der Waals surface area contributed by atoms with Gasteiger partial charge in [0.05, 0.1) is 5.69 Å². The highest BCUT2D eigenvalue weighted by Crippen LogP contribution is 2.36. The Kier molecular flexibility index (Phi) is 5.92. The molecule has 1 aliphatic heterocycles. The van der Waals surface area contributed by atoms with Gasteiger partial charge in [0.25, 0.3) is 10.0 Å². The van der Waals surface area contributed by atoms with Crippen molar-refractivity contribution in [3.8, 4) is 0 Å². The summed E-state index contributed by atoms with van der Waals surface area (Å²) in [5.74, 6) is -2.19. The van der Waals surface area contributed by atoms with Crippen LogP contribution < -0.4 is 10.6 Å². The number of fused-ring (bicyclic) bond motifs is 1. The first-order valence-electron chi connectivity index (χ1n) is 9.89. The van der Waals surface area contributed by atoms with E-state index < -0.39 is 26.6 Å². The van der Waals surface area contributed by atoms with Crippen molar-refractivity contribution < 1.29 is 17.2 Å². The Morgan fingerprint density at radius 3 is 2.44 bits per heavy atom. The molecule has 3 aromatic rings. The van der Waals surface area contributed by atoms with Crippen LogP contribution in [0, 0.1) is 11.6 Å². The van der Waals surface area contributed by atoms with Gasteiger partial charge in [0.2, 0.25) is 5.96 Å². The molecule has 0 fully saturated rings. The number of guanidine groups is 1. The van der Waals surface area contributed by atoms with Gasteiger partial charge in [-0.2, -0.15) is 8.42 Å². The van der Waals surface area contributed by atoms with Crippen LogP contribution in [0.25, 0.3) is 0 Å². The Hall–Kier alpha value is -2.97. The van der Waals surface area contributed by atoms with Gasteiger partial charge in [-0.15, -0.1) is 4.40 Å². The van der Waals surface area contributed by atoms with Gasteiger partial charge >= 0.3 is 0 Å². The lowest BCUT2D eigenvalue weighted by Gasteiger charge is -2.23. The quantitative estimate of drug-likeness (QED) is 0.491. The topological polar surface area (TPSA) is 70.6 Å². The van der Waals surface area contributed by atoms with E-state index in [1.54, 1.807) is 36.4 Å². The van der Waals surface area contributed by atoms with E-state index in [4.69, 9.17) is 11.6 Å². The third kappa shape index (κ3) is 4.33. The summed E-state index contributed by atoms with van der Waals surface area (Å²) < 4.78 is 58.4. The number of anilines is 2. The second-order valence-electron chi connectivity index (χ2n) is 7.73. The predicted octanol–water partition coefficient (Wildman–Crippen LogP) is 5.91. The maximum atomic E-state index is 14.8. The van der Waals surface area contributed by atoms with Crippen molar-refractivity contribution in [3.63, 3.8) is 0 Å². The van der Waals surface area contributed by atoms with Crippen molar-refractivity contribution in [1.82, 2.24) is 0 Å². The molecule has 1 heterocycles. The lowest BCUT2D eigenvalue weighted by molar-refractivity contribution is 0.497. The molecular weight excluding hydrogens is 456 g/mol. The first kappa shape index (κ1) is 22.2. The monoisotopic (exact) mass is 475 g/mol. The van der Waals surface area contributed by atoms with Gasteiger partial charge < -0.3 is 10.6 Å². The number of rotatable bonds is 4. The van der Waals surface area contributed by atoms with Gasteiger partial charge in [-0.05, 0) is 41.3 Å². The van der Waals surface area contributed by atoms with Gasteiger partial charge in [0.15, 0.2) is 11.6 Å². The molecule has 0 aromatic heterocycles. The van der Waals surface area contributed by atoms with Gasteiger partial charge in [-0.3, -0.25) is 0 Å². The summed E-state index contributed by atoms with van der Waals surface area (Å²) >= 11 is 6.19. The molecule has 0 atom stereocenters. The Morgan fingerprint density at radius 2 is 1.78 bits per heavy atom. The molecule has 0 aliphatic carbocycles. The highest BCUT2D eigenvalue weighted by Gasteiger charge is 2.31. The molecule has 5 nitrogen and oxygen atoms in total. The van der Waals surface area contributed by atoms with E-state index in [0.29, 0.717) is 28.3 Å². The fourth-order valence-electron chi connectivity index (χ4n) is 3.44. The first-order chi connectivity index (χ1) is 15.2. The molecule has 32 heavy (non-hydrogen) atoms. The van der Waals surface area contributed by atoms with Crippen molar-refractivity contribution in [2.24, 2.45) is 4.40 Å². The fraction of sp³-hybridized carbons (Fsp3) is 0.174. The molecule has 3 aromatic carbocycles. The smallest absolute Gasteiger partial charge is 0.287 e. The molecule has 166 valence electrons. The summed E-state index contributed by atoms with van der Waals surface area (Å²) in [6.07, 6.45) is -0.107. The largest absolute Gasteiger partial charge is 0.325 e. The van der Waals surface area contributed by atoms with Crippen LogP contribution in [0.3, 0.4) is 0 Å². The van der Waals surface area contributed by atoms with Crippen molar-refractivity contribution in [2.45, 2.75) is 31.1 Å². The number of nitrogens with one attached hydrogen (secondary N) is 2. The highest BCUT2D eigenvalue weighted by molar-refractivity contribution is 7.90. The molecule has 0 bridgehead atoms. The molecule has 0 saturated heterocycles. The SMILES string of the molecule is CC(C)c1ccc(NC2=NS(=O)(=O)c3cc(F)c(F)c(Cc4ccccc4Cl)c3N2)cc1. The van der Waals surface area contributed by atoms with Crippen LogP contribution in [0.5, 0.6) is 0 Å². The Labute approximate surface area is 190 Å². The second kappa shape index (κ2) is 8.52. The van der Waals surface area contributed by atoms with Crippen LogP contribution in [-0.2, 0) is 16.4 Å². The van der Waals surface area contributed by atoms with Gasteiger partial charge in [-0.1, -0.05) is 55.8 Å². The van der Waals surface area contributed by atoms with E-state index in [0.717, 1.165) is 5.56 Å². The average molecular weight is 476 g/mol. The Balaban J connectivity index is 1.74. The zero-order valence-electron chi connectivity index (χ0n) is 17.3. The molecular formula is C23H20ClF2N3O2S. The van der Waals surface area contributed by atoms with Crippen molar-refractivity contribution in [2.75, 3.05) is 10.6 Å². The van der Waals surface area contributed by atoms with Crippen molar-refractivity contribution in [3.05, 3.63) is 87.9 Å². The van der Waals surface area contributed by atoms with Crippen LogP contribution in [-0.4, -0.2) is 14.4 Å². The minimum atomic E-state index is -4.27. The number of benzene rings is 3. The average Bonchev–Trinajstić information content (AvgIpc) is 2.73. The zero-order valence-corrected chi connectivity index (χ0v) is 18.9. The lowest BCUT2D eigenvalue weighted by atomic mass is 10.0. The molecule has 0 amide bonds. The number of halogens is 3. The van der Waals surface area contributed by atoms with Crippen LogP contribution >= 0.6 is 11.6 Å². The molecule has 0 unspecified atom stereocenters. The second-order valence-corrected chi connectivity index (χ2v) is 9.71. The van der Waals surface area contributed by atoms with E-state index in [-0.39, 0.29) is 23.6 Å². The molecule has 1 aliphatic rings. The number of sulfonamides is 1.